The monoisotopic (exact) mass is 279 g/mol. The van der Waals surface area contributed by atoms with Crippen LogP contribution in [0.5, 0.6) is 5.75 Å². The molecule has 0 aliphatic rings. The molecule has 1 N–H and O–H groups in total. The number of phenolic OH excluding ortho intramolecular Hbond substituents is 1. The Balaban J connectivity index is 2.86. The van der Waals surface area contributed by atoms with Crippen molar-refractivity contribution in [2.45, 2.75) is 40.2 Å². The van der Waals surface area contributed by atoms with E-state index in [4.69, 9.17) is 4.74 Å². The molecule has 0 aliphatic heterocycles. The third-order valence-corrected chi connectivity index (χ3v) is 3.06. The molecule has 0 spiro atoms. The van der Waals surface area contributed by atoms with Crippen LogP contribution in [0.15, 0.2) is 18.2 Å². The fourth-order valence-electron chi connectivity index (χ4n) is 2.20. The van der Waals surface area contributed by atoms with Crippen LogP contribution >= 0.6 is 0 Å². The minimum absolute atomic E-state index is 0.232. The first-order valence-corrected chi connectivity index (χ1v) is 7.33. The molecule has 4 heteroatoms. The summed E-state index contributed by atoms with van der Waals surface area (Å²) in [6, 6.07) is 4.89. The molecule has 0 amide bonds. The molecule has 1 rings (SSSR count). The molecule has 112 valence electrons. The van der Waals surface area contributed by atoms with Crippen molar-refractivity contribution < 1.29 is 14.6 Å². The zero-order valence-electron chi connectivity index (χ0n) is 12.7. The van der Waals surface area contributed by atoms with Crippen LogP contribution in [0.2, 0.25) is 0 Å². The molecular weight excluding hydrogens is 254 g/mol. The number of benzene rings is 1. The van der Waals surface area contributed by atoms with E-state index in [-0.39, 0.29) is 11.7 Å². The van der Waals surface area contributed by atoms with Crippen LogP contribution in [-0.2, 0) is 11.3 Å². The number of rotatable bonds is 8. The zero-order chi connectivity index (χ0) is 15.0. The molecular formula is C16H25NO3. The van der Waals surface area contributed by atoms with Crippen LogP contribution in [0, 0.1) is 0 Å². The lowest BCUT2D eigenvalue weighted by Gasteiger charge is -2.21. The predicted molar refractivity (Wildman–Crippen MR) is 79.9 cm³/mol. The van der Waals surface area contributed by atoms with Gasteiger partial charge < -0.3 is 9.84 Å². The number of hydrogen-bond donors (Lipinski definition) is 1. The maximum Gasteiger partial charge on any atom is 0.338 e. The lowest BCUT2D eigenvalue weighted by atomic mass is 10.1. The molecule has 0 saturated heterocycles. The molecule has 20 heavy (non-hydrogen) atoms. The molecule has 1 aromatic rings. The van der Waals surface area contributed by atoms with Crippen molar-refractivity contribution in [2.24, 2.45) is 0 Å². The minimum Gasteiger partial charge on any atom is -0.508 e. The second-order valence-electron chi connectivity index (χ2n) is 4.84. The minimum atomic E-state index is -0.341. The van der Waals surface area contributed by atoms with Gasteiger partial charge in [-0.15, -0.1) is 0 Å². The van der Waals surface area contributed by atoms with Gasteiger partial charge >= 0.3 is 5.97 Å². The van der Waals surface area contributed by atoms with Gasteiger partial charge in [0.2, 0.25) is 0 Å². The molecule has 0 saturated carbocycles. The number of carbonyl (C=O) groups is 1. The molecule has 0 heterocycles. The highest BCUT2D eigenvalue weighted by molar-refractivity contribution is 5.89. The first-order valence-electron chi connectivity index (χ1n) is 7.33. The Morgan fingerprint density at radius 3 is 2.40 bits per heavy atom. The number of nitrogens with zero attached hydrogens (tertiary/aromatic N) is 1. The first-order chi connectivity index (χ1) is 9.62. The molecule has 0 radical (unpaired) electrons. The fraction of sp³-hybridized carbons (Fsp3) is 0.562. The average molecular weight is 279 g/mol. The molecule has 0 atom stereocenters. The summed E-state index contributed by atoms with van der Waals surface area (Å²) in [6.07, 6.45) is 2.14. The van der Waals surface area contributed by atoms with E-state index in [1.807, 2.05) is 0 Å². The number of carbonyl (C=O) groups excluding carboxylic acids is 1. The maximum absolute atomic E-state index is 11.7. The largest absolute Gasteiger partial charge is 0.508 e. The van der Waals surface area contributed by atoms with E-state index in [1.54, 1.807) is 25.1 Å². The van der Waals surface area contributed by atoms with Crippen LogP contribution in [0.25, 0.3) is 0 Å². The van der Waals surface area contributed by atoms with E-state index in [0.29, 0.717) is 18.7 Å². The Bertz CT molecular complexity index is 426. The predicted octanol–water partition coefficient (Wildman–Crippen LogP) is 3.19. The van der Waals surface area contributed by atoms with E-state index in [9.17, 15) is 9.90 Å². The summed E-state index contributed by atoms with van der Waals surface area (Å²) in [5.41, 5.74) is 1.27. The van der Waals surface area contributed by atoms with Crippen LogP contribution in [0.4, 0.5) is 0 Å². The molecule has 0 unspecified atom stereocenters. The Morgan fingerprint density at radius 2 is 1.85 bits per heavy atom. The van der Waals surface area contributed by atoms with E-state index < -0.39 is 0 Å². The van der Waals surface area contributed by atoms with Crippen LogP contribution in [-0.4, -0.2) is 35.7 Å². The van der Waals surface area contributed by atoms with Crippen molar-refractivity contribution in [1.82, 2.24) is 4.90 Å². The summed E-state index contributed by atoms with van der Waals surface area (Å²) >= 11 is 0. The molecule has 0 aliphatic carbocycles. The third-order valence-electron chi connectivity index (χ3n) is 3.06. The Labute approximate surface area is 121 Å². The van der Waals surface area contributed by atoms with Gasteiger partial charge in [0.1, 0.15) is 5.75 Å². The highest BCUT2D eigenvalue weighted by Gasteiger charge is 2.12. The van der Waals surface area contributed by atoms with Gasteiger partial charge in [-0.05, 0) is 51.1 Å². The van der Waals surface area contributed by atoms with E-state index in [2.05, 4.69) is 18.7 Å². The molecule has 1 aromatic carbocycles. The van der Waals surface area contributed by atoms with E-state index in [1.165, 1.54) is 0 Å². The van der Waals surface area contributed by atoms with Crippen LogP contribution in [0.3, 0.4) is 0 Å². The van der Waals surface area contributed by atoms with Crippen molar-refractivity contribution in [2.75, 3.05) is 19.7 Å². The van der Waals surface area contributed by atoms with E-state index >= 15 is 0 Å². The highest BCUT2D eigenvalue weighted by atomic mass is 16.5. The maximum atomic E-state index is 11.7. The first kappa shape index (κ1) is 16.5. The van der Waals surface area contributed by atoms with Gasteiger partial charge in [-0.1, -0.05) is 13.8 Å². The van der Waals surface area contributed by atoms with Gasteiger partial charge in [0.05, 0.1) is 12.2 Å². The normalized spacial score (nSPS) is 10.8. The third kappa shape index (κ3) is 4.85. The Morgan fingerprint density at radius 1 is 1.20 bits per heavy atom. The number of aromatic hydroxyl groups is 1. The summed E-state index contributed by atoms with van der Waals surface area (Å²) in [7, 11) is 0. The van der Waals surface area contributed by atoms with Crippen molar-refractivity contribution >= 4 is 5.97 Å². The van der Waals surface area contributed by atoms with Gasteiger partial charge in [-0.3, -0.25) is 4.90 Å². The average Bonchev–Trinajstić information content (AvgIpc) is 2.42. The van der Waals surface area contributed by atoms with E-state index in [0.717, 1.165) is 31.5 Å². The smallest absolute Gasteiger partial charge is 0.338 e. The SMILES string of the molecule is CCCN(CCC)Cc1cc(C(=O)OCC)ccc1O. The summed E-state index contributed by atoms with van der Waals surface area (Å²) in [6.45, 7) is 9.03. The van der Waals surface area contributed by atoms with Gasteiger partial charge in [-0.2, -0.15) is 0 Å². The Kier molecular flexibility index (Phi) is 7.09. The summed E-state index contributed by atoms with van der Waals surface area (Å²) in [5, 5.41) is 9.95. The number of esters is 1. The topological polar surface area (TPSA) is 49.8 Å². The molecule has 4 nitrogen and oxygen atoms in total. The van der Waals surface area contributed by atoms with Gasteiger partial charge in [0.25, 0.3) is 0 Å². The zero-order valence-corrected chi connectivity index (χ0v) is 12.7. The second-order valence-corrected chi connectivity index (χ2v) is 4.84. The standard InChI is InChI=1S/C16H25NO3/c1-4-9-17(10-5-2)12-14-11-13(7-8-15(14)18)16(19)20-6-3/h7-8,11,18H,4-6,9-10,12H2,1-3H3. The van der Waals surface area contributed by atoms with Crippen molar-refractivity contribution in [1.29, 1.82) is 0 Å². The highest BCUT2D eigenvalue weighted by Crippen LogP contribution is 2.21. The van der Waals surface area contributed by atoms with Crippen molar-refractivity contribution in [3.05, 3.63) is 29.3 Å². The lowest BCUT2D eigenvalue weighted by molar-refractivity contribution is 0.0526. The van der Waals surface area contributed by atoms with Crippen molar-refractivity contribution in [3.8, 4) is 5.75 Å². The van der Waals surface area contributed by atoms with Gasteiger partial charge in [0.15, 0.2) is 0 Å². The lowest BCUT2D eigenvalue weighted by Crippen LogP contribution is -2.25. The van der Waals surface area contributed by atoms with Gasteiger partial charge in [0, 0.05) is 12.1 Å². The summed E-state index contributed by atoms with van der Waals surface area (Å²) < 4.78 is 4.99. The summed E-state index contributed by atoms with van der Waals surface area (Å²) in [4.78, 5) is 14.0. The fourth-order valence-corrected chi connectivity index (χ4v) is 2.20. The second kappa shape index (κ2) is 8.59. The summed E-state index contributed by atoms with van der Waals surface area (Å²) in [5.74, 6) is -0.110. The van der Waals surface area contributed by atoms with Gasteiger partial charge in [-0.25, -0.2) is 4.79 Å². The quantitative estimate of drug-likeness (QED) is 0.742. The Hall–Kier alpha value is -1.55. The molecule has 0 aromatic heterocycles. The number of phenols is 1. The molecule has 0 bridgehead atoms. The van der Waals surface area contributed by atoms with Crippen LogP contribution in [0.1, 0.15) is 49.5 Å². The number of hydrogen-bond acceptors (Lipinski definition) is 4. The molecule has 0 fully saturated rings. The van der Waals surface area contributed by atoms with Crippen LogP contribution < -0.4 is 0 Å². The van der Waals surface area contributed by atoms with Crippen molar-refractivity contribution in [3.63, 3.8) is 0 Å². The number of ether oxygens (including phenoxy) is 1.